The predicted octanol–water partition coefficient (Wildman–Crippen LogP) is 3.36. The smallest absolute Gasteiger partial charge is 0.0575 e. The van der Waals surface area contributed by atoms with E-state index in [1.807, 2.05) is 0 Å². The molecule has 16 heavy (non-hydrogen) atoms. The van der Waals surface area contributed by atoms with E-state index in [2.05, 4.69) is 19.2 Å². The Bertz CT molecular complexity index is 153. The predicted molar refractivity (Wildman–Crippen MR) is 69.8 cm³/mol. The molecular formula is C14H29NO. The van der Waals surface area contributed by atoms with Crippen molar-refractivity contribution in [3.63, 3.8) is 0 Å². The van der Waals surface area contributed by atoms with Crippen molar-refractivity contribution in [1.82, 2.24) is 5.32 Å². The molecule has 0 atom stereocenters. The number of nitrogens with one attached hydrogen (secondary N) is 1. The summed E-state index contributed by atoms with van der Waals surface area (Å²) in [5.41, 5.74) is 0. The van der Waals surface area contributed by atoms with Gasteiger partial charge < -0.3 is 10.1 Å². The van der Waals surface area contributed by atoms with E-state index < -0.39 is 0 Å². The van der Waals surface area contributed by atoms with E-state index >= 15 is 0 Å². The van der Waals surface area contributed by atoms with Crippen LogP contribution < -0.4 is 5.32 Å². The number of hydrogen-bond acceptors (Lipinski definition) is 2. The number of ether oxygens (including phenoxy) is 1. The topological polar surface area (TPSA) is 21.3 Å². The molecule has 0 spiro atoms. The molecule has 1 aliphatic carbocycles. The van der Waals surface area contributed by atoms with Gasteiger partial charge in [0.05, 0.1) is 6.10 Å². The molecule has 0 aromatic carbocycles. The molecule has 0 aromatic heterocycles. The van der Waals surface area contributed by atoms with Crippen LogP contribution in [0, 0.1) is 5.92 Å². The second kappa shape index (κ2) is 9.00. The Morgan fingerprint density at radius 1 is 1.06 bits per heavy atom. The standard InChI is InChI=1S/C14H29NO/c1-3-10-15-11-4-5-12-16-14-8-6-13(2)7-9-14/h13-15H,3-12H2,1-2H3. The van der Waals surface area contributed by atoms with Gasteiger partial charge in [-0.1, -0.05) is 13.8 Å². The average molecular weight is 227 g/mol. The molecule has 0 aromatic rings. The zero-order valence-corrected chi connectivity index (χ0v) is 11.1. The maximum absolute atomic E-state index is 5.91. The third kappa shape index (κ3) is 6.49. The lowest BCUT2D eigenvalue weighted by molar-refractivity contribution is 0.0181. The van der Waals surface area contributed by atoms with Crippen LogP contribution in [-0.4, -0.2) is 25.8 Å². The second-order valence-electron chi connectivity index (χ2n) is 5.21. The van der Waals surface area contributed by atoms with Gasteiger partial charge in [0.15, 0.2) is 0 Å². The first-order chi connectivity index (χ1) is 7.83. The molecule has 1 fully saturated rings. The van der Waals surface area contributed by atoms with Gasteiger partial charge in [-0.2, -0.15) is 0 Å². The molecule has 0 amide bonds. The Morgan fingerprint density at radius 2 is 1.81 bits per heavy atom. The van der Waals surface area contributed by atoms with Gasteiger partial charge in [-0.25, -0.2) is 0 Å². The van der Waals surface area contributed by atoms with Crippen LogP contribution in [0.4, 0.5) is 0 Å². The van der Waals surface area contributed by atoms with Gasteiger partial charge in [-0.05, 0) is 64.0 Å². The largest absolute Gasteiger partial charge is 0.378 e. The minimum Gasteiger partial charge on any atom is -0.378 e. The fourth-order valence-electron chi connectivity index (χ4n) is 2.30. The molecule has 2 nitrogen and oxygen atoms in total. The van der Waals surface area contributed by atoms with Crippen LogP contribution >= 0.6 is 0 Å². The molecule has 0 bridgehead atoms. The fraction of sp³-hybridized carbons (Fsp3) is 1.00. The monoisotopic (exact) mass is 227 g/mol. The van der Waals surface area contributed by atoms with Gasteiger partial charge in [0.2, 0.25) is 0 Å². The first-order valence-corrected chi connectivity index (χ1v) is 7.15. The Hall–Kier alpha value is -0.0800. The summed E-state index contributed by atoms with van der Waals surface area (Å²) in [6.45, 7) is 7.84. The summed E-state index contributed by atoms with van der Waals surface area (Å²) in [4.78, 5) is 0. The van der Waals surface area contributed by atoms with Crippen molar-refractivity contribution in [3.05, 3.63) is 0 Å². The normalized spacial score (nSPS) is 25.9. The molecule has 1 N–H and O–H groups in total. The number of hydrogen-bond donors (Lipinski definition) is 1. The molecule has 0 saturated heterocycles. The summed E-state index contributed by atoms with van der Waals surface area (Å²) in [6, 6.07) is 0. The van der Waals surface area contributed by atoms with Crippen molar-refractivity contribution in [3.8, 4) is 0 Å². The molecule has 0 aliphatic heterocycles. The van der Waals surface area contributed by atoms with E-state index in [4.69, 9.17) is 4.74 Å². The molecule has 96 valence electrons. The van der Waals surface area contributed by atoms with E-state index in [-0.39, 0.29) is 0 Å². The minimum atomic E-state index is 0.569. The van der Waals surface area contributed by atoms with E-state index in [9.17, 15) is 0 Å². The molecule has 0 radical (unpaired) electrons. The molecule has 1 rings (SSSR count). The van der Waals surface area contributed by atoms with E-state index in [0.717, 1.165) is 25.6 Å². The molecule has 0 heterocycles. The van der Waals surface area contributed by atoms with Crippen molar-refractivity contribution in [2.45, 2.75) is 64.9 Å². The van der Waals surface area contributed by atoms with Crippen molar-refractivity contribution in [2.24, 2.45) is 5.92 Å². The summed E-state index contributed by atoms with van der Waals surface area (Å²) < 4.78 is 5.91. The van der Waals surface area contributed by atoms with Crippen LogP contribution in [0.15, 0.2) is 0 Å². The van der Waals surface area contributed by atoms with Gasteiger partial charge in [0.25, 0.3) is 0 Å². The number of rotatable bonds is 8. The first kappa shape index (κ1) is 14.0. The lowest BCUT2D eigenvalue weighted by Crippen LogP contribution is -2.21. The third-order valence-electron chi connectivity index (χ3n) is 3.49. The van der Waals surface area contributed by atoms with Crippen LogP contribution in [0.1, 0.15) is 58.8 Å². The molecule has 1 aliphatic rings. The highest BCUT2D eigenvalue weighted by atomic mass is 16.5. The Morgan fingerprint density at radius 3 is 2.50 bits per heavy atom. The highest BCUT2D eigenvalue weighted by molar-refractivity contribution is 4.69. The van der Waals surface area contributed by atoms with Crippen LogP contribution in [0.5, 0.6) is 0 Å². The van der Waals surface area contributed by atoms with Crippen molar-refractivity contribution >= 4 is 0 Å². The van der Waals surface area contributed by atoms with Crippen LogP contribution in [-0.2, 0) is 4.74 Å². The van der Waals surface area contributed by atoms with Crippen molar-refractivity contribution in [2.75, 3.05) is 19.7 Å². The Balaban J connectivity index is 1.84. The SMILES string of the molecule is CCCNCCCCOC1CCC(C)CC1. The Labute approximate surface area is 101 Å². The zero-order chi connectivity index (χ0) is 11.6. The van der Waals surface area contributed by atoms with E-state index in [0.29, 0.717) is 6.10 Å². The van der Waals surface area contributed by atoms with E-state index in [1.165, 1.54) is 44.9 Å². The number of unbranched alkanes of at least 4 members (excludes halogenated alkanes) is 1. The quantitative estimate of drug-likeness (QED) is 0.642. The van der Waals surface area contributed by atoms with Gasteiger partial charge in [0, 0.05) is 6.61 Å². The fourth-order valence-corrected chi connectivity index (χ4v) is 2.30. The van der Waals surface area contributed by atoms with Gasteiger partial charge in [-0.3, -0.25) is 0 Å². The van der Waals surface area contributed by atoms with E-state index in [1.54, 1.807) is 0 Å². The molecular weight excluding hydrogens is 198 g/mol. The van der Waals surface area contributed by atoms with Crippen LogP contribution in [0.25, 0.3) is 0 Å². The van der Waals surface area contributed by atoms with Crippen molar-refractivity contribution in [1.29, 1.82) is 0 Å². The lowest BCUT2D eigenvalue weighted by Gasteiger charge is -2.26. The minimum absolute atomic E-state index is 0.569. The van der Waals surface area contributed by atoms with Gasteiger partial charge in [-0.15, -0.1) is 0 Å². The summed E-state index contributed by atoms with van der Waals surface area (Å²) >= 11 is 0. The van der Waals surface area contributed by atoms with Gasteiger partial charge in [0.1, 0.15) is 0 Å². The second-order valence-corrected chi connectivity index (χ2v) is 5.21. The lowest BCUT2D eigenvalue weighted by atomic mass is 9.89. The maximum atomic E-state index is 5.91. The molecule has 0 unspecified atom stereocenters. The zero-order valence-electron chi connectivity index (χ0n) is 11.1. The summed E-state index contributed by atoms with van der Waals surface area (Å²) in [5, 5.41) is 3.42. The highest BCUT2D eigenvalue weighted by Gasteiger charge is 2.17. The van der Waals surface area contributed by atoms with Crippen LogP contribution in [0.2, 0.25) is 0 Å². The van der Waals surface area contributed by atoms with Crippen molar-refractivity contribution < 1.29 is 4.74 Å². The first-order valence-electron chi connectivity index (χ1n) is 7.15. The summed E-state index contributed by atoms with van der Waals surface area (Å²) in [7, 11) is 0. The van der Waals surface area contributed by atoms with Gasteiger partial charge >= 0.3 is 0 Å². The Kier molecular flexibility index (Phi) is 7.87. The summed E-state index contributed by atoms with van der Waals surface area (Å²) in [5.74, 6) is 0.929. The molecule has 1 saturated carbocycles. The maximum Gasteiger partial charge on any atom is 0.0575 e. The average Bonchev–Trinajstić information content (AvgIpc) is 2.30. The third-order valence-corrected chi connectivity index (χ3v) is 3.49. The summed E-state index contributed by atoms with van der Waals surface area (Å²) in [6.07, 6.45) is 9.57. The molecule has 2 heteroatoms. The highest BCUT2D eigenvalue weighted by Crippen LogP contribution is 2.25. The van der Waals surface area contributed by atoms with Crippen LogP contribution in [0.3, 0.4) is 0 Å².